The van der Waals surface area contributed by atoms with Crippen molar-refractivity contribution in [2.45, 2.75) is 37.7 Å². The van der Waals surface area contributed by atoms with E-state index < -0.39 is 15.4 Å². The van der Waals surface area contributed by atoms with Crippen LogP contribution >= 0.6 is 34.8 Å². The average Bonchev–Trinajstić information content (AvgIpc) is 2.23. The number of halogens is 3. The van der Waals surface area contributed by atoms with Gasteiger partial charge in [-0.25, -0.2) is 0 Å². The summed E-state index contributed by atoms with van der Waals surface area (Å²) >= 11 is 18.1. The van der Waals surface area contributed by atoms with E-state index in [1.807, 2.05) is 0 Å². The van der Waals surface area contributed by atoms with Crippen molar-refractivity contribution >= 4 is 50.2 Å². The third-order valence-electron chi connectivity index (χ3n) is 3.82. The second-order valence-corrected chi connectivity index (χ2v) is 21.1. The zero-order chi connectivity index (χ0) is 11.7. The number of rotatable bonds is 3. The van der Waals surface area contributed by atoms with Crippen LogP contribution in [0.2, 0.25) is 25.7 Å². The molecule has 1 aliphatic heterocycles. The molecule has 0 aromatic carbocycles. The van der Waals surface area contributed by atoms with Crippen molar-refractivity contribution in [3.8, 4) is 0 Å². The van der Waals surface area contributed by atoms with Gasteiger partial charge >= 0.3 is 0 Å². The van der Waals surface area contributed by atoms with E-state index in [-0.39, 0.29) is 5.60 Å². The molecule has 1 fully saturated rings. The molecule has 1 atom stereocenters. The lowest BCUT2D eigenvalue weighted by atomic mass is 10.1. The Morgan fingerprint density at radius 3 is 2.07 bits per heavy atom. The quantitative estimate of drug-likeness (QED) is 0.570. The summed E-state index contributed by atoms with van der Waals surface area (Å²) in [6, 6.07) is 1.24. The summed E-state index contributed by atoms with van der Waals surface area (Å²) in [5.41, 5.74) is 0.364. The van der Waals surface area contributed by atoms with Crippen molar-refractivity contribution in [1.29, 1.82) is 0 Å². The van der Waals surface area contributed by atoms with E-state index in [1.54, 1.807) is 0 Å². The second kappa shape index (κ2) is 4.87. The van der Waals surface area contributed by atoms with Gasteiger partial charge < -0.3 is 4.43 Å². The normalized spacial score (nSPS) is 34.0. The predicted molar refractivity (Wildman–Crippen MR) is 74.5 cm³/mol. The fraction of sp³-hybridized carbons (Fsp3) is 1.00. The van der Waals surface area contributed by atoms with Crippen LogP contribution in [0.15, 0.2) is 0 Å². The molecule has 6 heteroatoms. The molecule has 1 aliphatic rings. The Hall–Kier alpha value is 1.26. The minimum absolute atomic E-state index is 0.304. The van der Waals surface area contributed by atoms with E-state index in [4.69, 9.17) is 39.2 Å². The Bertz CT molecular complexity index is 233. The standard InChI is InChI=1S/C9H19Cl3OSi2/c1-14(2)5-4-9(6-10,7-11)13-15(14,3)8-12/h4-8H2,1-3H3. The van der Waals surface area contributed by atoms with Gasteiger partial charge in [-0.2, -0.15) is 0 Å². The molecular formula is C9H19Cl3OSi2. The lowest BCUT2D eigenvalue weighted by Crippen LogP contribution is -2.69. The molecule has 1 heterocycles. The summed E-state index contributed by atoms with van der Waals surface area (Å²) in [5.74, 6) is 0.973. The van der Waals surface area contributed by atoms with Crippen LogP contribution in [0, 0.1) is 0 Å². The van der Waals surface area contributed by atoms with E-state index in [0.29, 0.717) is 17.3 Å². The maximum atomic E-state index is 6.33. The Morgan fingerprint density at radius 1 is 1.13 bits per heavy atom. The lowest BCUT2D eigenvalue weighted by Gasteiger charge is -2.51. The second-order valence-electron chi connectivity index (χ2n) is 5.30. The van der Waals surface area contributed by atoms with E-state index in [1.165, 1.54) is 6.04 Å². The average molecular weight is 306 g/mol. The predicted octanol–water partition coefficient (Wildman–Crippen LogP) is 3.76. The minimum atomic E-state index is -1.78. The topological polar surface area (TPSA) is 9.23 Å². The summed E-state index contributed by atoms with van der Waals surface area (Å²) in [5, 5.41) is 0. The SMILES string of the molecule is C[Si]1(C)CCC(CCl)(CCl)O[Si]1(C)CCl. The summed E-state index contributed by atoms with van der Waals surface area (Å²) in [6.07, 6.45) is 0.999. The molecule has 0 amide bonds. The largest absolute Gasteiger partial charge is 0.411 e. The molecule has 0 aliphatic carbocycles. The lowest BCUT2D eigenvalue weighted by molar-refractivity contribution is 0.100. The minimum Gasteiger partial charge on any atom is -0.411 e. The van der Waals surface area contributed by atoms with Gasteiger partial charge in [-0.15, -0.1) is 34.8 Å². The highest BCUT2D eigenvalue weighted by molar-refractivity contribution is 7.40. The van der Waals surface area contributed by atoms with E-state index in [0.717, 1.165) is 6.42 Å². The molecule has 15 heavy (non-hydrogen) atoms. The fourth-order valence-electron chi connectivity index (χ4n) is 1.90. The smallest absolute Gasteiger partial charge is 0.191 e. The number of hydrogen-bond donors (Lipinski definition) is 0. The highest BCUT2D eigenvalue weighted by atomic mass is 35.5. The van der Waals surface area contributed by atoms with Gasteiger partial charge in [0.25, 0.3) is 0 Å². The van der Waals surface area contributed by atoms with Gasteiger partial charge in [0.15, 0.2) is 7.83 Å². The van der Waals surface area contributed by atoms with Crippen LogP contribution in [-0.2, 0) is 4.43 Å². The first-order valence-corrected chi connectivity index (χ1v) is 13.7. The molecule has 0 N–H and O–H groups in total. The number of hydrogen-bond acceptors (Lipinski definition) is 1. The number of alkyl halides is 3. The Balaban J connectivity index is 2.93. The van der Waals surface area contributed by atoms with Crippen molar-refractivity contribution in [3.05, 3.63) is 0 Å². The van der Waals surface area contributed by atoms with Crippen molar-refractivity contribution in [2.24, 2.45) is 0 Å². The molecule has 1 rings (SSSR count). The van der Waals surface area contributed by atoms with Crippen LogP contribution in [0.3, 0.4) is 0 Å². The van der Waals surface area contributed by atoms with Gasteiger partial charge in [0, 0.05) is 5.50 Å². The fourth-order valence-corrected chi connectivity index (χ4v) is 14.2. The van der Waals surface area contributed by atoms with E-state index >= 15 is 0 Å². The molecule has 1 unspecified atom stereocenters. The molecule has 1 saturated heterocycles. The first kappa shape index (κ1) is 14.3. The summed E-state index contributed by atoms with van der Waals surface area (Å²) < 4.78 is 6.33. The van der Waals surface area contributed by atoms with Crippen molar-refractivity contribution in [3.63, 3.8) is 0 Å². The molecule has 1 nitrogen and oxygen atoms in total. The highest BCUT2D eigenvalue weighted by Crippen LogP contribution is 2.40. The van der Waals surface area contributed by atoms with Crippen molar-refractivity contribution in [2.75, 3.05) is 17.3 Å². The van der Waals surface area contributed by atoms with Crippen LogP contribution in [0.4, 0.5) is 0 Å². The molecule has 0 radical (unpaired) electrons. The van der Waals surface area contributed by atoms with Gasteiger partial charge in [0.2, 0.25) is 0 Å². The first-order chi connectivity index (χ1) is 6.85. The maximum Gasteiger partial charge on any atom is 0.191 e. The van der Waals surface area contributed by atoms with Crippen molar-refractivity contribution < 1.29 is 4.43 Å². The monoisotopic (exact) mass is 304 g/mol. The van der Waals surface area contributed by atoms with Crippen LogP contribution in [0.1, 0.15) is 6.42 Å². The van der Waals surface area contributed by atoms with E-state index in [9.17, 15) is 0 Å². The van der Waals surface area contributed by atoms with Crippen LogP contribution in [-0.4, -0.2) is 38.3 Å². The van der Waals surface area contributed by atoms with Gasteiger partial charge in [0.1, 0.15) is 0 Å². The summed E-state index contributed by atoms with van der Waals surface area (Å²) in [7, 11) is -3.08. The summed E-state index contributed by atoms with van der Waals surface area (Å²) in [6.45, 7) is 7.02. The molecule has 0 bridgehead atoms. The molecule has 90 valence electrons. The Labute approximate surface area is 109 Å². The van der Waals surface area contributed by atoms with Crippen LogP contribution in [0.5, 0.6) is 0 Å². The third kappa shape index (κ3) is 2.58. The molecule has 0 aromatic rings. The van der Waals surface area contributed by atoms with Gasteiger partial charge in [0.05, 0.1) is 25.0 Å². The molecular weight excluding hydrogens is 287 g/mol. The van der Waals surface area contributed by atoms with Gasteiger partial charge in [-0.3, -0.25) is 0 Å². The molecule has 0 spiro atoms. The van der Waals surface area contributed by atoms with Gasteiger partial charge in [-0.1, -0.05) is 19.1 Å². The molecule has 0 saturated carbocycles. The van der Waals surface area contributed by atoms with Crippen LogP contribution < -0.4 is 0 Å². The van der Waals surface area contributed by atoms with Crippen molar-refractivity contribution in [1.82, 2.24) is 0 Å². The summed E-state index contributed by atoms with van der Waals surface area (Å²) in [4.78, 5) is 0. The third-order valence-corrected chi connectivity index (χ3v) is 22.9. The Morgan fingerprint density at radius 2 is 1.67 bits per heavy atom. The van der Waals surface area contributed by atoms with Gasteiger partial charge in [-0.05, 0) is 13.0 Å². The zero-order valence-electron chi connectivity index (χ0n) is 9.58. The highest BCUT2D eigenvalue weighted by Gasteiger charge is 2.54. The first-order valence-electron chi connectivity index (χ1n) is 5.23. The zero-order valence-corrected chi connectivity index (χ0v) is 13.8. The molecule has 0 aromatic heterocycles. The van der Waals surface area contributed by atoms with Crippen LogP contribution in [0.25, 0.3) is 0 Å². The maximum absolute atomic E-state index is 6.33. The van der Waals surface area contributed by atoms with E-state index in [2.05, 4.69) is 19.6 Å². The Kier molecular flexibility index (Phi) is 4.65.